The number of hydrogen-bond acceptors (Lipinski definition) is 8. The SMILES string of the molecule is COc1ccc(Cc2cnc(N)nc2N)c(N2CCc3ccccc3C2c2ccc(Cl)cn2)c1OC. The molecular formula is C27H27ClN6O2. The lowest BCUT2D eigenvalue weighted by Gasteiger charge is -2.40. The van der Waals surface area contributed by atoms with Crippen LogP contribution < -0.4 is 25.8 Å². The quantitative estimate of drug-likeness (QED) is 0.397. The van der Waals surface area contributed by atoms with E-state index >= 15 is 0 Å². The molecule has 1 atom stereocenters. The van der Waals surface area contributed by atoms with Gasteiger partial charge in [-0.25, -0.2) is 4.98 Å². The number of ether oxygens (including phenoxy) is 2. The van der Waals surface area contributed by atoms with Crippen molar-refractivity contribution >= 4 is 29.1 Å². The van der Waals surface area contributed by atoms with Gasteiger partial charge in [0, 0.05) is 30.9 Å². The lowest BCUT2D eigenvalue weighted by molar-refractivity contribution is 0.354. The number of anilines is 3. The summed E-state index contributed by atoms with van der Waals surface area (Å²) >= 11 is 6.19. The fraction of sp³-hybridized carbons (Fsp3) is 0.222. The molecule has 4 aromatic rings. The van der Waals surface area contributed by atoms with Gasteiger partial charge in [0.1, 0.15) is 5.82 Å². The van der Waals surface area contributed by atoms with Gasteiger partial charge >= 0.3 is 0 Å². The Balaban J connectivity index is 1.71. The Kier molecular flexibility index (Phi) is 6.52. The molecule has 0 amide bonds. The molecule has 0 saturated heterocycles. The zero-order chi connectivity index (χ0) is 25.2. The first-order chi connectivity index (χ1) is 17.5. The van der Waals surface area contributed by atoms with Gasteiger partial charge in [0.2, 0.25) is 5.95 Å². The molecule has 1 aliphatic rings. The molecule has 184 valence electrons. The molecule has 2 aromatic heterocycles. The van der Waals surface area contributed by atoms with E-state index in [4.69, 9.17) is 37.5 Å². The predicted octanol–water partition coefficient (Wildman–Crippen LogP) is 4.45. The van der Waals surface area contributed by atoms with Crippen LogP contribution in [0.1, 0.15) is 34.0 Å². The molecule has 0 bridgehead atoms. The van der Waals surface area contributed by atoms with Gasteiger partial charge in [0.05, 0.1) is 36.7 Å². The summed E-state index contributed by atoms with van der Waals surface area (Å²) in [6, 6.07) is 16.1. The maximum absolute atomic E-state index is 6.20. The van der Waals surface area contributed by atoms with Gasteiger partial charge in [-0.15, -0.1) is 0 Å². The Morgan fingerprint density at radius 3 is 2.53 bits per heavy atom. The van der Waals surface area contributed by atoms with Gasteiger partial charge in [0.25, 0.3) is 0 Å². The maximum Gasteiger partial charge on any atom is 0.221 e. The summed E-state index contributed by atoms with van der Waals surface area (Å²) in [7, 11) is 3.29. The number of halogens is 1. The van der Waals surface area contributed by atoms with Gasteiger partial charge < -0.3 is 25.8 Å². The highest BCUT2D eigenvalue weighted by molar-refractivity contribution is 6.30. The standard InChI is InChI=1S/C27H27ClN6O2/c1-35-22-10-7-17(13-18-14-32-27(30)33-26(18)29)23(25(22)36-2)34-12-11-16-5-3-4-6-20(16)24(34)21-9-8-19(28)15-31-21/h3-10,14-15,24H,11-13H2,1-2H3,(H4,29,30,32,33). The lowest BCUT2D eigenvalue weighted by Crippen LogP contribution is -2.37. The average Bonchev–Trinajstić information content (AvgIpc) is 2.90. The summed E-state index contributed by atoms with van der Waals surface area (Å²) in [5, 5.41) is 0.591. The van der Waals surface area contributed by atoms with Crippen molar-refractivity contribution in [2.24, 2.45) is 0 Å². The monoisotopic (exact) mass is 502 g/mol. The number of methoxy groups -OCH3 is 2. The summed E-state index contributed by atoms with van der Waals surface area (Å²) in [5.41, 5.74) is 18.0. The van der Waals surface area contributed by atoms with Crippen LogP contribution >= 0.6 is 11.6 Å². The number of benzene rings is 2. The summed E-state index contributed by atoms with van der Waals surface area (Å²) in [5.74, 6) is 1.77. The Labute approximate surface area is 214 Å². The van der Waals surface area contributed by atoms with Crippen LogP contribution in [0.25, 0.3) is 0 Å². The first-order valence-electron chi connectivity index (χ1n) is 11.6. The van der Waals surface area contributed by atoms with Gasteiger partial charge in [-0.3, -0.25) is 4.98 Å². The molecule has 8 nitrogen and oxygen atoms in total. The fourth-order valence-corrected chi connectivity index (χ4v) is 4.97. The number of aromatic nitrogens is 3. The molecule has 0 radical (unpaired) electrons. The van der Waals surface area contributed by atoms with E-state index in [9.17, 15) is 0 Å². The first kappa shape index (κ1) is 23.7. The average molecular weight is 503 g/mol. The molecular weight excluding hydrogens is 476 g/mol. The van der Waals surface area contributed by atoms with Crippen molar-refractivity contribution in [1.82, 2.24) is 15.0 Å². The van der Waals surface area contributed by atoms with Gasteiger partial charge in [-0.05, 0) is 41.3 Å². The normalized spacial score (nSPS) is 14.9. The minimum atomic E-state index is -0.160. The van der Waals surface area contributed by atoms with Crippen molar-refractivity contribution < 1.29 is 9.47 Å². The highest BCUT2D eigenvalue weighted by Gasteiger charge is 2.34. The van der Waals surface area contributed by atoms with Crippen molar-refractivity contribution in [3.8, 4) is 11.5 Å². The molecule has 0 spiro atoms. The van der Waals surface area contributed by atoms with Crippen LogP contribution in [0, 0.1) is 0 Å². The van der Waals surface area contributed by atoms with E-state index in [-0.39, 0.29) is 12.0 Å². The van der Waals surface area contributed by atoms with Crippen LogP contribution in [-0.4, -0.2) is 35.7 Å². The van der Waals surface area contributed by atoms with Crippen LogP contribution in [0.5, 0.6) is 11.5 Å². The van der Waals surface area contributed by atoms with Crippen molar-refractivity contribution in [2.45, 2.75) is 18.9 Å². The Hall–Kier alpha value is -4.04. The number of rotatable bonds is 6. The number of nitrogens with two attached hydrogens (primary N) is 2. The highest BCUT2D eigenvalue weighted by Crippen LogP contribution is 2.47. The van der Waals surface area contributed by atoms with E-state index < -0.39 is 0 Å². The van der Waals surface area contributed by atoms with Crippen LogP contribution in [0.4, 0.5) is 17.5 Å². The van der Waals surface area contributed by atoms with Gasteiger partial charge in [-0.1, -0.05) is 41.9 Å². The van der Waals surface area contributed by atoms with Crippen LogP contribution in [-0.2, 0) is 12.8 Å². The number of hydrogen-bond donors (Lipinski definition) is 2. The molecule has 0 aliphatic carbocycles. The van der Waals surface area contributed by atoms with E-state index in [1.54, 1.807) is 26.6 Å². The summed E-state index contributed by atoms with van der Waals surface area (Å²) < 4.78 is 11.6. The topological polar surface area (TPSA) is 112 Å². The van der Waals surface area contributed by atoms with Crippen molar-refractivity contribution in [2.75, 3.05) is 37.1 Å². The number of nitrogens with zero attached hydrogens (tertiary/aromatic N) is 4. The van der Waals surface area contributed by atoms with Crippen molar-refractivity contribution in [3.63, 3.8) is 0 Å². The number of nitrogen functional groups attached to an aromatic ring is 2. The fourth-order valence-electron chi connectivity index (χ4n) is 4.86. The zero-order valence-electron chi connectivity index (χ0n) is 20.1. The molecule has 0 saturated carbocycles. The summed E-state index contributed by atoms with van der Waals surface area (Å²) in [6.07, 6.45) is 4.71. The Bertz CT molecular complexity index is 1400. The van der Waals surface area contributed by atoms with E-state index in [2.05, 4.69) is 39.1 Å². The second-order valence-electron chi connectivity index (χ2n) is 8.57. The van der Waals surface area contributed by atoms with Crippen LogP contribution in [0.3, 0.4) is 0 Å². The number of fused-ring (bicyclic) bond motifs is 1. The van der Waals surface area contributed by atoms with E-state index in [0.717, 1.165) is 35.5 Å². The largest absolute Gasteiger partial charge is 0.493 e. The van der Waals surface area contributed by atoms with E-state index in [1.807, 2.05) is 24.3 Å². The van der Waals surface area contributed by atoms with Gasteiger partial charge in [-0.2, -0.15) is 4.98 Å². The molecule has 4 N–H and O–H groups in total. The summed E-state index contributed by atoms with van der Waals surface area (Å²) in [4.78, 5) is 15.3. The first-order valence-corrected chi connectivity index (χ1v) is 11.9. The van der Waals surface area contributed by atoms with E-state index in [0.29, 0.717) is 28.8 Å². The third kappa shape index (κ3) is 4.35. The van der Waals surface area contributed by atoms with E-state index in [1.165, 1.54) is 11.1 Å². The van der Waals surface area contributed by atoms with Crippen molar-refractivity contribution in [1.29, 1.82) is 0 Å². The molecule has 2 aromatic carbocycles. The third-order valence-corrected chi connectivity index (χ3v) is 6.73. The predicted molar refractivity (Wildman–Crippen MR) is 142 cm³/mol. The second-order valence-corrected chi connectivity index (χ2v) is 9.01. The molecule has 3 heterocycles. The molecule has 5 rings (SSSR count). The van der Waals surface area contributed by atoms with Crippen molar-refractivity contribution in [3.05, 3.63) is 93.9 Å². The van der Waals surface area contributed by atoms with Crippen LogP contribution in [0.2, 0.25) is 5.02 Å². The smallest absolute Gasteiger partial charge is 0.221 e. The zero-order valence-corrected chi connectivity index (χ0v) is 20.9. The molecule has 1 aliphatic heterocycles. The molecule has 1 unspecified atom stereocenters. The van der Waals surface area contributed by atoms with Gasteiger partial charge in [0.15, 0.2) is 11.5 Å². The Morgan fingerprint density at radius 2 is 1.81 bits per heavy atom. The van der Waals surface area contributed by atoms with Crippen LogP contribution in [0.15, 0.2) is 60.9 Å². The second kappa shape index (κ2) is 9.91. The molecule has 0 fully saturated rings. The highest BCUT2D eigenvalue weighted by atomic mass is 35.5. The minimum absolute atomic E-state index is 0.144. The summed E-state index contributed by atoms with van der Waals surface area (Å²) in [6.45, 7) is 0.746. The lowest BCUT2D eigenvalue weighted by atomic mass is 9.88. The molecule has 36 heavy (non-hydrogen) atoms. The minimum Gasteiger partial charge on any atom is -0.493 e. The number of pyridine rings is 1. The Morgan fingerprint density at radius 1 is 0.972 bits per heavy atom. The molecule has 9 heteroatoms. The maximum atomic E-state index is 6.20. The third-order valence-electron chi connectivity index (χ3n) is 6.50.